The first-order chi connectivity index (χ1) is 8.88. The van der Waals surface area contributed by atoms with E-state index in [1.54, 1.807) is 24.9 Å². The van der Waals surface area contributed by atoms with Gasteiger partial charge in [0, 0.05) is 17.7 Å². The lowest BCUT2D eigenvalue weighted by molar-refractivity contribution is 0.102. The molecule has 7 heteroatoms. The van der Waals surface area contributed by atoms with Gasteiger partial charge in [-0.2, -0.15) is 5.10 Å². The fourth-order valence-electron chi connectivity index (χ4n) is 1.65. The average Bonchev–Trinajstić information content (AvgIpc) is 2.62. The third-order valence-corrected chi connectivity index (χ3v) is 3.25. The monoisotopic (exact) mass is 326 g/mol. The van der Waals surface area contributed by atoms with Crippen molar-refractivity contribution < 1.29 is 9.18 Å². The van der Waals surface area contributed by atoms with Crippen molar-refractivity contribution in [3.05, 3.63) is 39.9 Å². The molecule has 0 spiro atoms. The van der Waals surface area contributed by atoms with Crippen molar-refractivity contribution in [3.63, 3.8) is 0 Å². The number of aromatic nitrogens is 2. The summed E-state index contributed by atoms with van der Waals surface area (Å²) in [5, 5.41) is 6.82. The predicted molar refractivity (Wildman–Crippen MR) is 74.4 cm³/mol. The SMILES string of the molecule is Cc1nn(C)cc1NC(=O)c1cc(N)c(F)cc1Br. The van der Waals surface area contributed by atoms with Crippen LogP contribution in [0.5, 0.6) is 0 Å². The third-order valence-electron chi connectivity index (χ3n) is 2.59. The Kier molecular flexibility index (Phi) is 3.57. The van der Waals surface area contributed by atoms with Gasteiger partial charge in [0.1, 0.15) is 5.82 Å². The van der Waals surface area contributed by atoms with Gasteiger partial charge < -0.3 is 11.1 Å². The molecule has 1 aromatic heterocycles. The summed E-state index contributed by atoms with van der Waals surface area (Å²) in [7, 11) is 1.76. The molecule has 0 bridgehead atoms. The average molecular weight is 327 g/mol. The van der Waals surface area contributed by atoms with Crippen molar-refractivity contribution in [3.8, 4) is 0 Å². The van der Waals surface area contributed by atoms with Crippen molar-refractivity contribution >= 4 is 33.2 Å². The number of nitrogens with two attached hydrogens (primary N) is 1. The number of aryl methyl sites for hydroxylation is 2. The van der Waals surface area contributed by atoms with Crippen LogP contribution in [0, 0.1) is 12.7 Å². The van der Waals surface area contributed by atoms with Gasteiger partial charge in [0.2, 0.25) is 0 Å². The molecule has 0 saturated carbocycles. The predicted octanol–water partition coefficient (Wildman–Crippen LogP) is 2.46. The quantitative estimate of drug-likeness (QED) is 0.832. The van der Waals surface area contributed by atoms with Gasteiger partial charge in [-0.3, -0.25) is 9.48 Å². The lowest BCUT2D eigenvalue weighted by atomic mass is 10.2. The summed E-state index contributed by atoms with van der Waals surface area (Å²) < 4.78 is 15.2. The number of benzene rings is 1. The Morgan fingerprint density at radius 2 is 2.21 bits per heavy atom. The first-order valence-corrected chi connectivity index (χ1v) is 6.24. The number of nitrogens with one attached hydrogen (secondary N) is 1. The van der Waals surface area contributed by atoms with E-state index in [0.717, 1.165) is 0 Å². The van der Waals surface area contributed by atoms with Gasteiger partial charge in [-0.25, -0.2) is 4.39 Å². The molecular weight excluding hydrogens is 315 g/mol. The van der Waals surface area contributed by atoms with Crippen LogP contribution in [0.15, 0.2) is 22.8 Å². The fourth-order valence-corrected chi connectivity index (χ4v) is 2.15. The van der Waals surface area contributed by atoms with Crippen molar-refractivity contribution in [1.82, 2.24) is 9.78 Å². The van der Waals surface area contributed by atoms with E-state index in [-0.39, 0.29) is 17.2 Å². The maximum Gasteiger partial charge on any atom is 0.256 e. The van der Waals surface area contributed by atoms with Crippen molar-refractivity contribution in [2.24, 2.45) is 7.05 Å². The van der Waals surface area contributed by atoms with Crippen LogP contribution in [0.4, 0.5) is 15.8 Å². The topological polar surface area (TPSA) is 72.9 Å². The number of nitrogen functional groups attached to an aromatic ring is 1. The zero-order chi connectivity index (χ0) is 14.2. The number of anilines is 2. The van der Waals surface area contributed by atoms with Gasteiger partial charge in [-0.05, 0) is 35.0 Å². The Hall–Kier alpha value is -1.89. The van der Waals surface area contributed by atoms with Crippen molar-refractivity contribution in [2.45, 2.75) is 6.92 Å². The molecule has 0 aliphatic rings. The zero-order valence-electron chi connectivity index (χ0n) is 10.4. The van der Waals surface area contributed by atoms with Gasteiger partial charge >= 0.3 is 0 Å². The Balaban J connectivity index is 2.30. The molecule has 0 atom stereocenters. The molecule has 0 aliphatic heterocycles. The van der Waals surface area contributed by atoms with Crippen LogP contribution in [0.25, 0.3) is 0 Å². The molecule has 100 valence electrons. The summed E-state index contributed by atoms with van der Waals surface area (Å²) in [6.07, 6.45) is 1.69. The number of rotatable bonds is 2. The van der Waals surface area contributed by atoms with Gasteiger partial charge in [-0.15, -0.1) is 0 Å². The maximum atomic E-state index is 13.2. The standard InChI is InChI=1S/C12H12BrFN4O/c1-6-11(5-18(2)17-6)16-12(19)7-3-10(15)9(14)4-8(7)13/h3-5H,15H2,1-2H3,(H,16,19). The van der Waals surface area contributed by atoms with E-state index >= 15 is 0 Å². The maximum absolute atomic E-state index is 13.2. The zero-order valence-corrected chi connectivity index (χ0v) is 12.0. The number of halogens is 2. The van der Waals surface area contributed by atoms with Crippen LogP contribution in [0.1, 0.15) is 16.1 Å². The highest BCUT2D eigenvalue weighted by atomic mass is 79.9. The molecular formula is C12H12BrFN4O. The molecule has 5 nitrogen and oxygen atoms in total. The van der Waals surface area contributed by atoms with E-state index in [4.69, 9.17) is 5.73 Å². The molecule has 0 aliphatic carbocycles. The highest BCUT2D eigenvalue weighted by Gasteiger charge is 2.15. The summed E-state index contributed by atoms with van der Waals surface area (Å²) in [4.78, 5) is 12.1. The first kappa shape index (κ1) is 13.5. The van der Waals surface area contributed by atoms with Crippen LogP contribution in [0.2, 0.25) is 0 Å². The number of hydrogen-bond donors (Lipinski definition) is 2. The van der Waals surface area contributed by atoms with Crippen LogP contribution in [-0.2, 0) is 7.05 Å². The summed E-state index contributed by atoms with van der Waals surface area (Å²) in [5.41, 5.74) is 6.95. The largest absolute Gasteiger partial charge is 0.396 e. The summed E-state index contributed by atoms with van der Waals surface area (Å²) in [5.74, 6) is -0.948. The van der Waals surface area contributed by atoms with E-state index in [1.165, 1.54) is 12.1 Å². The van der Waals surface area contributed by atoms with Crippen molar-refractivity contribution in [2.75, 3.05) is 11.1 Å². The number of amides is 1. The minimum Gasteiger partial charge on any atom is -0.396 e. The minimum absolute atomic E-state index is 0.0729. The smallest absolute Gasteiger partial charge is 0.256 e. The molecule has 0 unspecified atom stereocenters. The molecule has 1 heterocycles. The third kappa shape index (κ3) is 2.76. The van der Waals surface area contributed by atoms with Crippen molar-refractivity contribution in [1.29, 1.82) is 0 Å². The number of carbonyl (C=O) groups excluding carboxylic acids is 1. The Bertz CT molecular complexity index is 653. The van der Waals surface area contributed by atoms with Crippen LogP contribution >= 0.6 is 15.9 Å². The van der Waals surface area contributed by atoms with E-state index in [1.807, 2.05) is 0 Å². The molecule has 2 rings (SSSR count). The number of carbonyl (C=O) groups is 1. The molecule has 0 saturated heterocycles. The lowest BCUT2D eigenvalue weighted by Crippen LogP contribution is -2.13. The van der Waals surface area contributed by atoms with Gasteiger partial charge in [0.25, 0.3) is 5.91 Å². The van der Waals surface area contributed by atoms with E-state index in [0.29, 0.717) is 15.9 Å². The Morgan fingerprint density at radius 1 is 1.53 bits per heavy atom. The van der Waals surface area contributed by atoms with Crippen LogP contribution in [0.3, 0.4) is 0 Å². The molecule has 19 heavy (non-hydrogen) atoms. The molecule has 1 aromatic carbocycles. The van der Waals surface area contributed by atoms with E-state index in [9.17, 15) is 9.18 Å². The first-order valence-electron chi connectivity index (χ1n) is 5.44. The van der Waals surface area contributed by atoms with E-state index < -0.39 is 5.82 Å². The van der Waals surface area contributed by atoms with Crippen LogP contribution in [-0.4, -0.2) is 15.7 Å². The van der Waals surface area contributed by atoms with Crippen LogP contribution < -0.4 is 11.1 Å². The van der Waals surface area contributed by atoms with Gasteiger partial charge in [0.15, 0.2) is 0 Å². The Labute approximate surface area is 117 Å². The van der Waals surface area contributed by atoms with Gasteiger partial charge in [-0.1, -0.05) is 0 Å². The number of nitrogens with zero attached hydrogens (tertiary/aromatic N) is 2. The molecule has 1 amide bonds. The highest BCUT2D eigenvalue weighted by molar-refractivity contribution is 9.10. The lowest BCUT2D eigenvalue weighted by Gasteiger charge is -2.07. The molecule has 3 N–H and O–H groups in total. The normalized spacial score (nSPS) is 10.5. The van der Waals surface area contributed by atoms with Gasteiger partial charge in [0.05, 0.1) is 22.6 Å². The molecule has 2 aromatic rings. The summed E-state index contributed by atoms with van der Waals surface area (Å²) in [6.45, 7) is 1.78. The fraction of sp³-hybridized carbons (Fsp3) is 0.167. The highest BCUT2D eigenvalue weighted by Crippen LogP contribution is 2.24. The minimum atomic E-state index is -0.569. The molecule has 0 fully saturated rings. The Morgan fingerprint density at radius 3 is 2.79 bits per heavy atom. The second-order valence-corrected chi connectivity index (χ2v) is 4.96. The second kappa shape index (κ2) is 5.00. The summed E-state index contributed by atoms with van der Waals surface area (Å²) in [6, 6.07) is 2.46. The summed E-state index contributed by atoms with van der Waals surface area (Å²) >= 11 is 3.14. The number of hydrogen-bond acceptors (Lipinski definition) is 3. The van der Waals surface area contributed by atoms with E-state index in [2.05, 4.69) is 26.3 Å². The molecule has 0 radical (unpaired) electrons. The second-order valence-electron chi connectivity index (χ2n) is 4.11.